The average Bonchev–Trinajstić information content (AvgIpc) is 3.20. The SMILES string of the molecule is Cc1ccc2c(COC(=O)c3cc4c(s3)-c3ccccc3OC4)cc(=O)oc2c1C. The quantitative estimate of drug-likeness (QED) is 0.330. The fourth-order valence-electron chi connectivity index (χ4n) is 3.66. The molecule has 2 aromatic carbocycles. The van der Waals surface area contributed by atoms with E-state index < -0.39 is 11.6 Å². The van der Waals surface area contributed by atoms with Crippen molar-refractivity contribution in [1.82, 2.24) is 0 Å². The smallest absolute Gasteiger partial charge is 0.348 e. The van der Waals surface area contributed by atoms with Crippen LogP contribution in [0, 0.1) is 13.8 Å². The van der Waals surface area contributed by atoms with Crippen LogP contribution in [0.25, 0.3) is 21.4 Å². The Bertz CT molecular complexity index is 1360. The maximum Gasteiger partial charge on any atom is 0.348 e. The molecule has 0 N–H and O–H groups in total. The zero-order chi connectivity index (χ0) is 20.8. The van der Waals surface area contributed by atoms with Gasteiger partial charge in [-0.05, 0) is 43.2 Å². The van der Waals surface area contributed by atoms with Crippen molar-refractivity contribution in [3.05, 3.63) is 86.1 Å². The fraction of sp³-hybridized carbons (Fsp3) is 0.167. The Morgan fingerprint density at radius 2 is 1.97 bits per heavy atom. The van der Waals surface area contributed by atoms with Gasteiger partial charge in [0.2, 0.25) is 0 Å². The zero-order valence-electron chi connectivity index (χ0n) is 16.5. The molecule has 0 amide bonds. The molecule has 0 aliphatic carbocycles. The summed E-state index contributed by atoms with van der Waals surface area (Å²) in [4.78, 5) is 26.3. The predicted octanol–water partition coefficient (Wildman–Crippen LogP) is 5.39. The summed E-state index contributed by atoms with van der Waals surface area (Å²) in [5.74, 6) is 0.400. The molecular weight excluding hydrogens is 400 g/mol. The Hall–Kier alpha value is -3.38. The number of para-hydroxylation sites is 1. The number of esters is 1. The minimum absolute atomic E-state index is 0.000905. The highest BCUT2D eigenvalue weighted by atomic mass is 32.1. The molecule has 4 aromatic rings. The van der Waals surface area contributed by atoms with Crippen LogP contribution in [0.3, 0.4) is 0 Å². The number of carbonyl (C=O) groups excluding carboxylic acids is 1. The number of thiophene rings is 1. The van der Waals surface area contributed by atoms with Gasteiger partial charge in [-0.25, -0.2) is 9.59 Å². The molecule has 5 rings (SSSR count). The van der Waals surface area contributed by atoms with Gasteiger partial charge < -0.3 is 13.9 Å². The van der Waals surface area contributed by atoms with Crippen LogP contribution >= 0.6 is 11.3 Å². The molecule has 0 saturated carbocycles. The molecule has 6 heteroatoms. The molecule has 1 aliphatic heterocycles. The Morgan fingerprint density at radius 3 is 2.83 bits per heavy atom. The van der Waals surface area contributed by atoms with Crippen molar-refractivity contribution in [2.24, 2.45) is 0 Å². The molecule has 0 atom stereocenters. The third-order valence-electron chi connectivity index (χ3n) is 5.40. The Morgan fingerprint density at radius 1 is 1.13 bits per heavy atom. The van der Waals surface area contributed by atoms with Gasteiger partial charge in [-0.3, -0.25) is 0 Å². The molecule has 2 aromatic heterocycles. The van der Waals surface area contributed by atoms with Crippen molar-refractivity contribution in [3.8, 4) is 16.2 Å². The highest BCUT2D eigenvalue weighted by Crippen LogP contribution is 2.42. The molecule has 150 valence electrons. The highest BCUT2D eigenvalue weighted by Gasteiger charge is 2.23. The number of carbonyl (C=O) groups is 1. The standard InChI is InChI=1S/C24H18O5S/c1-13-7-8-17-15(10-21(25)29-22(17)14(13)2)11-28-24(26)20-9-16-12-27-19-6-4-3-5-18(19)23(16)30-20/h3-10H,11-12H2,1-2H3. The van der Waals surface area contributed by atoms with Gasteiger partial charge in [-0.1, -0.05) is 24.3 Å². The number of ether oxygens (including phenoxy) is 2. The van der Waals surface area contributed by atoms with Gasteiger partial charge in [0.15, 0.2) is 0 Å². The van der Waals surface area contributed by atoms with E-state index >= 15 is 0 Å². The van der Waals surface area contributed by atoms with Gasteiger partial charge >= 0.3 is 11.6 Å². The summed E-state index contributed by atoms with van der Waals surface area (Å²) in [6, 6.07) is 14.8. The number of rotatable bonds is 3. The van der Waals surface area contributed by atoms with E-state index in [1.165, 1.54) is 17.4 Å². The van der Waals surface area contributed by atoms with E-state index in [4.69, 9.17) is 13.9 Å². The summed E-state index contributed by atoms with van der Waals surface area (Å²) in [5, 5.41) is 0.776. The molecule has 0 radical (unpaired) electrons. The van der Waals surface area contributed by atoms with Gasteiger partial charge in [-0.15, -0.1) is 11.3 Å². The van der Waals surface area contributed by atoms with Gasteiger partial charge in [0.05, 0.1) is 0 Å². The lowest BCUT2D eigenvalue weighted by molar-refractivity contribution is 0.0479. The van der Waals surface area contributed by atoms with Crippen LogP contribution in [-0.4, -0.2) is 5.97 Å². The number of fused-ring (bicyclic) bond motifs is 4. The lowest BCUT2D eigenvalue weighted by Gasteiger charge is -2.16. The maximum atomic E-state index is 12.7. The molecule has 0 fully saturated rings. The Kier molecular flexibility index (Phi) is 4.44. The van der Waals surface area contributed by atoms with E-state index in [0.29, 0.717) is 22.6 Å². The molecule has 0 spiro atoms. The van der Waals surface area contributed by atoms with Crippen LogP contribution in [-0.2, 0) is 18.0 Å². The van der Waals surface area contributed by atoms with Crippen molar-refractivity contribution < 1.29 is 18.7 Å². The molecular formula is C24H18O5S. The number of aryl methyl sites for hydroxylation is 2. The molecule has 30 heavy (non-hydrogen) atoms. The first-order chi connectivity index (χ1) is 14.5. The lowest BCUT2D eigenvalue weighted by Crippen LogP contribution is -2.07. The summed E-state index contributed by atoms with van der Waals surface area (Å²) < 4.78 is 16.7. The third kappa shape index (κ3) is 3.09. The van der Waals surface area contributed by atoms with Crippen LogP contribution in [0.2, 0.25) is 0 Å². The molecule has 0 unspecified atom stereocenters. The van der Waals surface area contributed by atoms with E-state index in [9.17, 15) is 9.59 Å². The van der Waals surface area contributed by atoms with Gasteiger partial charge in [0.25, 0.3) is 0 Å². The summed E-state index contributed by atoms with van der Waals surface area (Å²) in [7, 11) is 0. The van der Waals surface area contributed by atoms with E-state index in [1.807, 2.05) is 56.3 Å². The van der Waals surface area contributed by atoms with Crippen LogP contribution in [0.15, 0.2) is 57.7 Å². The minimum atomic E-state index is -0.456. The second-order valence-corrected chi connectivity index (χ2v) is 8.35. The minimum Gasteiger partial charge on any atom is -0.488 e. The number of benzene rings is 2. The lowest BCUT2D eigenvalue weighted by atomic mass is 10.0. The van der Waals surface area contributed by atoms with Crippen LogP contribution in [0.4, 0.5) is 0 Å². The van der Waals surface area contributed by atoms with E-state index in [0.717, 1.165) is 38.3 Å². The molecule has 0 saturated heterocycles. The summed E-state index contributed by atoms with van der Waals surface area (Å²) >= 11 is 1.40. The third-order valence-corrected chi connectivity index (χ3v) is 6.59. The van der Waals surface area contributed by atoms with E-state index in [2.05, 4.69) is 0 Å². The predicted molar refractivity (Wildman–Crippen MR) is 115 cm³/mol. The van der Waals surface area contributed by atoms with Gasteiger partial charge in [-0.2, -0.15) is 0 Å². The van der Waals surface area contributed by atoms with Crippen LogP contribution < -0.4 is 10.4 Å². The molecule has 0 bridgehead atoms. The van der Waals surface area contributed by atoms with Crippen molar-refractivity contribution in [2.75, 3.05) is 0 Å². The average molecular weight is 418 g/mol. The molecule has 1 aliphatic rings. The zero-order valence-corrected chi connectivity index (χ0v) is 17.3. The highest BCUT2D eigenvalue weighted by molar-refractivity contribution is 7.17. The Labute approximate surface area is 176 Å². The van der Waals surface area contributed by atoms with Crippen molar-refractivity contribution >= 4 is 28.3 Å². The maximum absolute atomic E-state index is 12.7. The van der Waals surface area contributed by atoms with Gasteiger partial charge in [0.1, 0.15) is 29.4 Å². The monoisotopic (exact) mass is 418 g/mol. The van der Waals surface area contributed by atoms with Crippen molar-refractivity contribution in [2.45, 2.75) is 27.1 Å². The topological polar surface area (TPSA) is 65.7 Å². The summed E-state index contributed by atoms with van der Waals surface area (Å²) in [6.45, 7) is 4.30. The first kappa shape index (κ1) is 18.6. The largest absolute Gasteiger partial charge is 0.488 e. The second kappa shape index (κ2) is 7.15. The molecule has 5 nitrogen and oxygen atoms in total. The summed E-state index contributed by atoms with van der Waals surface area (Å²) in [5.41, 5.74) is 4.61. The fourth-order valence-corrected chi connectivity index (χ4v) is 4.75. The Balaban J connectivity index is 1.43. The van der Waals surface area contributed by atoms with Crippen LogP contribution in [0.5, 0.6) is 5.75 Å². The normalized spacial score (nSPS) is 12.2. The summed E-state index contributed by atoms with van der Waals surface area (Å²) in [6.07, 6.45) is 0. The van der Waals surface area contributed by atoms with Crippen LogP contribution in [0.1, 0.15) is 31.9 Å². The first-order valence-electron chi connectivity index (χ1n) is 9.56. The van der Waals surface area contributed by atoms with Crippen molar-refractivity contribution in [1.29, 1.82) is 0 Å². The van der Waals surface area contributed by atoms with Crippen molar-refractivity contribution in [3.63, 3.8) is 0 Å². The first-order valence-corrected chi connectivity index (χ1v) is 10.4. The van der Waals surface area contributed by atoms with E-state index in [1.54, 1.807) is 0 Å². The van der Waals surface area contributed by atoms with E-state index in [-0.39, 0.29) is 6.61 Å². The number of hydrogen-bond donors (Lipinski definition) is 0. The number of hydrogen-bond acceptors (Lipinski definition) is 6. The van der Waals surface area contributed by atoms with Gasteiger partial charge in [0, 0.05) is 33.0 Å². The second-order valence-electron chi connectivity index (χ2n) is 7.30. The molecule has 3 heterocycles.